The van der Waals surface area contributed by atoms with Crippen molar-refractivity contribution < 1.29 is 4.79 Å². The molecule has 0 fully saturated rings. The van der Waals surface area contributed by atoms with Crippen molar-refractivity contribution in [3.05, 3.63) is 65.2 Å². The quantitative estimate of drug-likeness (QED) is 0.748. The van der Waals surface area contributed by atoms with Gasteiger partial charge in [0.25, 0.3) is 0 Å². The van der Waals surface area contributed by atoms with Crippen LogP contribution in [0.5, 0.6) is 0 Å². The van der Waals surface area contributed by atoms with E-state index in [9.17, 15) is 4.79 Å². The number of nitrogens with one attached hydrogen (secondary N) is 1. The Morgan fingerprint density at radius 3 is 2.92 bits per heavy atom. The average molecular weight is 344 g/mol. The van der Waals surface area contributed by atoms with Gasteiger partial charge in [0.15, 0.2) is 0 Å². The molecule has 7 heteroatoms. The molecule has 24 heavy (non-hydrogen) atoms. The molecule has 1 amide bonds. The van der Waals surface area contributed by atoms with Crippen LogP contribution in [0.4, 0.5) is 5.95 Å². The zero-order valence-electron chi connectivity index (χ0n) is 13.3. The monoisotopic (exact) mass is 343 g/mol. The maximum absolute atomic E-state index is 12.1. The summed E-state index contributed by atoms with van der Waals surface area (Å²) < 4.78 is 3.61. The minimum atomic E-state index is -0.102. The van der Waals surface area contributed by atoms with Crippen molar-refractivity contribution >= 4 is 23.5 Å². The number of hydrogen-bond donors (Lipinski definition) is 1. The third-order valence-electron chi connectivity index (χ3n) is 3.60. The number of halogens is 1. The molecule has 1 N–H and O–H groups in total. The van der Waals surface area contributed by atoms with E-state index in [0.717, 1.165) is 11.1 Å². The van der Waals surface area contributed by atoms with E-state index in [4.69, 9.17) is 11.6 Å². The van der Waals surface area contributed by atoms with Crippen LogP contribution >= 0.6 is 11.6 Å². The van der Waals surface area contributed by atoms with E-state index in [1.165, 1.54) is 0 Å². The van der Waals surface area contributed by atoms with Crippen molar-refractivity contribution in [1.29, 1.82) is 0 Å². The molecule has 6 nitrogen and oxygen atoms in total. The Balaban J connectivity index is 1.60. The van der Waals surface area contributed by atoms with E-state index in [0.29, 0.717) is 30.5 Å². The average Bonchev–Trinajstić information content (AvgIpc) is 3.17. The van der Waals surface area contributed by atoms with Gasteiger partial charge in [-0.1, -0.05) is 29.8 Å². The predicted octanol–water partition coefficient (Wildman–Crippen LogP) is 3.12. The molecule has 2 aromatic heterocycles. The van der Waals surface area contributed by atoms with Gasteiger partial charge >= 0.3 is 0 Å². The molecule has 0 aliphatic rings. The summed E-state index contributed by atoms with van der Waals surface area (Å²) in [7, 11) is 0. The van der Waals surface area contributed by atoms with Crippen molar-refractivity contribution in [2.75, 3.05) is 5.32 Å². The van der Waals surface area contributed by atoms with Gasteiger partial charge in [0.05, 0.1) is 12.7 Å². The molecule has 2 heterocycles. The molecule has 0 unspecified atom stereocenters. The Kier molecular flexibility index (Phi) is 4.96. The predicted molar refractivity (Wildman–Crippen MR) is 93.0 cm³/mol. The number of carbonyl (C=O) groups is 1. The number of nitrogens with zero attached hydrogens (tertiary/aromatic N) is 4. The van der Waals surface area contributed by atoms with Gasteiger partial charge < -0.3 is 4.57 Å². The lowest BCUT2D eigenvalue weighted by molar-refractivity contribution is -0.116. The summed E-state index contributed by atoms with van der Waals surface area (Å²) in [5.41, 5.74) is 2.05. The summed E-state index contributed by atoms with van der Waals surface area (Å²) in [4.78, 5) is 16.3. The fraction of sp³-hybridized carbons (Fsp3) is 0.235. The zero-order chi connectivity index (χ0) is 16.9. The molecule has 1 aromatic carbocycles. The van der Waals surface area contributed by atoms with Crippen LogP contribution in [0.25, 0.3) is 0 Å². The summed E-state index contributed by atoms with van der Waals surface area (Å²) in [5.74, 6) is 0.409. The van der Waals surface area contributed by atoms with Crippen molar-refractivity contribution in [3.63, 3.8) is 0 Å². The molecule has 3 aromatic rings. The number of imidazole rings is 1. The largest absolute Gasteiger partial charge is 0.313 e. The van der Waals surface area contributed by atoms with Gasteiger partial charge in [0.2, 0.25) is 11.9 Å². The summed E-state index contributed by atoms with van der Waals surface area (Å²) in [6, 6.07) is 7.62. The van der Waals surface area contributed by atoms with Gasteiger partial charge in [-0.15, -0.1) is 0 Å². The van der Waals surface area contributed by atoms with Crippen LogP contribution in [-0.2, 0) is 17.9 Å². The molecule has 0 atom stereocenters. The van der Waals surface area contributed by atoms with E-state index >= 15 is 0 Å². The van der Waals surface area contributed by atoms with Crippen LogP contribution in [0, 0.1) is 6.92 Å². The van der Waals surface area contributed by atoms with Crippen molar-refractivity contribution in [1.82, 2.24) is 19.3 Å². The van der Waals surface area contributed by atoms with Gasteiger partial charge in [0, 0.05) is 36.6 Å². The summed E-state index contributed by atoms with van der Waals surface area (Å²) >= 11 is 6.19. The second-order valence-corrected chi connectivity index (χ2v) is 5.96. The Bertz CT molecular complexity index is 839. The van der Waals surface area contributed by atoms with Crippen molar-refractivity contribution in [2.24, 2.45) is 0 Å². The second kappa shape index (κ2) is 7.31. The molecule has 124 valence electrons. The number of hydrogen-bond acceptors (Lipinski definition) is 3. The molecule has 0 aliphatic heterocycles. The maximum atomic E-state index is 12.1. The number of carbonyl (C=O) groups excluding carboxylic acids is 1. The standard InChI is InChI=1S/C17H18ClN5O/c1-13-10-20-23(11-13)8-6-16(24)21-17-19-7-9-22(17)12-14-4-2-3-5-15(14)18/h2-5,7,9-11H,6,8,12H2,1H3,(H,19,21,24). The minimum absolute atomic E-state index is 0.102. The third kappa shape index (κ3) is 4.02. The fourth-order valence-electron chi connectivity index (χ4n) is 2.36. The molecule has 0 bridgehead atoms. The van der Waals surface area contributed by atoms with E-state index in [-0.39, 0.29) is 5.91 Å². The number of rotatable bonds is 6. The van der Waals surface area contributed by atoms with E-state index in [2.05, 4.69) is 15.4 Å². The topological polar surface area (TPSA) is 64.7 Å². The Morgan fingerprint density at radius 1 is 1.33 bits per heavy atom. The number of anilines is 1. The lowest BCUT2D eigenvalue weighted by Gasteiger charge is -2.10. The first-order valence-corrected chi connectivity index (χ1v) is 8.03. The smallest absolute Gasteiger partial charge is 0.228 e. The van der Waals surface area contributed by atoms with Crippen LogP contribution in [-0.4, -0.2) is 25.2 Å². The molecular formula is C17H18ClN5O. The van der Waals surface area contributed by atoms with Crippen LogP contribution in [0.2, 0.25) is 5.02 Å². The van der Waals surface area contributed by atoms with Crippen LogP contribution in [0.15, 0.2) is 49.1 Å². The van der Waals surface area contributed by atoms with Gasteiger partial charge in [-0.3, -0.25) is 14.8 Å². The second-order valence-electron chi connectivity index (χ2n) is 5.55. The molecule has 0 spiro atoms. The van der Waals surface area contributed by atoms with Crippen LogP contribution < -0.4 is 5.32 Å². The Morgan fingerprint density at radius 2 is 2.17 bits per heavy atom. The molecule has 0 saturated carbocycles. The number of amides is 1. The maximum Gasteiger partial charge on any atom is 0.228 e. The molecule has 0 aliphatic carbocycles. The van der Waals surface area contributed by atoms with Crippen molar-refractivity contribution in [3.8, 4) is 0 Å². The number of benzene rings is 1. The van der Waals surface area contributed by atoms with Gasteiger partial charge in [-0.2, -0.15) is 5.10 Å². The highest BCUT2D eigenvalue weighted by Crippen LogP contribution is 2.18. The molecule has 0 radical (unpaired) electrons. The van der Waals surface area contributed by atoms with Gasteiger partial charge in [0.1, 0.15) is 0 Å². The number of aromatic nitrogens is 4. The number of aryl methyl sites for hydroxylation is 2. The minimum Gasteiger partial charge on any atom is -0.313 e. The molecular weight excluding hydrogens is 326 g/mol. The summed E-state index contributed by atoms with van der Waals surface area (Å²) in [6.07, 6.45) is 7.49. The highest BCUT2D eigenvalue weighted by Gasteiger charge is 2.10. The lowest BCUT2D eigenvalue weighted by atomic mass is 10.2. The highest BCUT2D eigenvalue weighted by atomic mass is 35.5. The highest BCUT2D eigenvalue weighted by molar-refractivity contribution is 6.31. The van der Waals surface area contributed by atoms with E-state index in [1.54, 1.807) is 17.1 Å². The molecule has 3 rings (SSSR count). The SMILES string of the molecule is Cc1cnn(CCC(=O)Nc2nccn2Cc2ccccc2Cl)c1. The Labute approximate surface area is 145 Å². The van der Waals surface area contributed by atoms with Crippen LogP contribution in [0.1, 0.15) is 17.5 Å². The molecule has 0 saturated heterocycles. The zero-order valence-corrected chi connectivity index (χ0v) is 14.1. The lowest BCUT2D eigenvalue weighted by Crippen LogP contribution is -2.18. The summed E-state index contributed by atoms with van der Waals surface area (Å²) in [5, 5.41) is 7.70. The first kappa shape index (κ1) is 16.3. The first-order valence-electron chi connectivity index (χ1n) is 7.65. The third-order valence-corrected chi connectivity index (χ3v) is 3.96. The first-order chi connectivity index (χ1) is 11.6. The Hall–Kier alpha value is -2.60. The summed E-state index contributed by atoms with van der Waals surface area (Å²) in [6.45, 7) is 3.05. The van der Waals surface area contributed by atoms with Gasteiger partial charge in [-0.25, -0.2) is 4.98 Å². The van der Waals surface area contributed by atoms with E-state index in [1.807, 2.05) is 48.1 Å². The van der Waals surface area contributed by atoms with E-state index < -0.39 is 0 Å². The van der Waals surface area contributed by atoms with Crippen molar-refractivity contribution in [2.45, 2.75) is 26.4 Å². The normalized spacial score (nSPS) is 10.8. The van der Waals surface area contributed by atoms with Gasteiger partial charge in [-0.05, 0) is 24.1 Å². The fourth-order valence-corrected chi connectivity index (χ4v) is 2.56. The van der Waals surface area contributed by atoms with Crippen LogP contribution in [0.3, 0.4) is 0 Å².